The maximum Gasteiger partial charge on any atom is 0.238 e. The topological polar surface area (TPSA) is 48.5 Å². The molecule has 4 rings (SSSR count). The van der Waals surface area contributed by atoms with E-state index in [0.717, 1.165) is 29.8 Å². The molecule has 3 aromatic rings. The van der Waals surface area contributed by atoms with Crippen LogP contribution in [0.1, 0.15) is 12.5 Å². The van der Waals surface area contributed by atoms with Crippen molar-refractivity contribution in [3.63, 3.8) is 0 Å². The minimum Gasteiger partial charge on any atom is -0.368 e. The third-order valence-electron chi connectivity index (χ3n) is 5.52. The van der Waals surface area contributed by atoms with Crippen LogP contribution < -0.4 is 10.2 Å². The third kappa shape index (κ3) is 4.11. The molecule has 0 spiro atoms. The first-order valence-corrected chi connectivity index (χ1v) is 10.1. The number of nitrogens with one attached hydrogen (secondary N) is 1. The molecule has 1 aliphatic rings. The Bertz CT molecular complexity index is 1060. The van der Waals surface area contributed by atoms with E-state index in [2.05, 4.69) is 22.1 Å². The van der Waals surface area contributed by atoms with Gasteiger partial charge in [-0.3, -0.25) is 14.7 Å². The minimum absolute atomic E-state index is 0.0453. The second kappa shape index (κ2) is 8.75. The van der Waals surface area contributed by atoms with E-state index >= 15 is 0 Å². The van der Waals surface area contributed by atoms with Gasteiger partial charge in [0.05, 0.1) is 17.6 Å². The number of hydrogen-bond acceptors (Lipinski definition) is 4. The summed E-state index contributed by atoms with van der Waals surface area (Å²) in [5.74, 6) is -1.06. The van der Waals surface area contributed by atoms with Crippen molar-refractivity contribution in [2.45, 2.75) is 13.3 Å². The Balaban J connectivity index is 1.41. The van der Waals surface area contributed by atoms with Crippen molar-refractivity contribution in [3.05, 3.63) is 65.9 Å². The van der Waals surface area contributed by atoms with Gasteiger partial charge in [0.2, 0.25) is 5.91 Å². The SMILES string of the molecule is CCc1ccccc1NC(=O)CN1CCN(c2ccnc3c(F)ccc(F)c23)CC1. The van der Waals surface area contributed by atoms with Crippen LogP contribution in [-0.4, -0.2) is 48.5 Å². The lowest BCUT2D eigenvalue weighted by molar-refractivity contribution is -0.117. The van der Waals surface area contributed by atoms with Gasteiger partial charge in [-0.1, -0.05) is 25.1 Å². The summed E-state index contributed by atoms with van der Waals surface area (Å²) in [5.41, 5.74) is 2.64. The highest BCUT2D eigenvalue weighted by molar-refractivity contribution is 5.93. The maximum absolute atomic E-state index is 14.4. The van der Waals surface area contributed by atoms with Crippen LogP contribution in [0.4, 0.5) is 20.2 Å². The fourth-order valence-corrected chi connectivity index (χ4v) is 3.93. The van der Waals surface area contributed by atoms with E-state index in [-0.39, 0.29) is 16.8 Å². The van der Waals surface area contributed by atoms with Gasteiger partial charge in [-0.15, -0.1) is 0 Å². The lowest BCUT2D eigenvalue weighted by atomic mass is 10.1. The van der Waals surface area contributed by atoms with E-state index in [9.17, 15) is 13.6 Å². The molecule has 0 unspecified atom stereocenters. The number of carbonyl (C=O) groups excluding carboxylic acids is 1. The molecule has 2 heterocycles. The lowest BCUT2D eigenvalue weighted by Gasteiger charge is -2.36. The van der Waals surface area contributed by atoms with Crippen molar-refractivity contribution >= 4 is 28.2 Å². The molecular formula is C23H24F2N4O. The summed E-state index contributed by atoms with van der Waals surface area (Å²) in [5, 5.41) is 3.20. The van der Waals surface area contributed by atoms with Crippen molar-refractivity contribution in [1.29, 1.82) is 0 Å². The summed E-state index contributed by atoms with van der Waals surface area (Å²) in [7, 11) is 0. The molecule has 1 N–H and O–H groups in total. The van der Waals surface area contributed by atoms with E-state index in [1.165, 1.54) is 6.20 Å². The number of para-hydroxylation sites is 1. The van der Waals surface area contributed by atoms with Crippen molar-refractivity contribution in [3.8, 4) is 0 Å². The van der Waals surface area contributed by atoms with Crippen molar-refractivity contribution in [2.24, 2.45) is 0 Å². The van der Waals surface area contributed by atoms with Gasteiger partial charge in [-0.2, -0.15) is 0 Å². The number of aryl methyl sites for hydroxylation is 1. The van der Waals surface area contributed by atoms with Gasteiger partial charge in [0.15, 0.2) is 0 Å². The fraction of sp³-hybridized carbons (Fsp3) is 0.304. The summed E-state index contributed by atoms with van der Waals surface area (Å²) in [6.45, 7) is 4.91. The molecule has 1 aromatic heterocycles. The number of carbonyl (C=O) groups is 1. The first-order valence-electron chi connectivity index (χ1n) is 10.1. The monoisotopic (exact) mass is 410 g/mol. The average Bonchev–Trinajstić information content (AvgIpc) is 2.77. The first kappa shape index (κ1) is 20.2. The molecule has 5 nitrogen and oxygen atoms in total. The number of amides is 1. The molecule has 0 aliphatic carbocycles. The predicted molar refractivity (Wildman–Crippen MR) is 115 cm³/mol. The molecule has 0 radical (unpaired) electrons. The molecule has 1 aliphatic heterocycles. The van der Waals surface area contributed by atoms with Crippen molar-refractivity contribution in [2.75, 3.05) is 42.9 Å². The zero-order valence-corrected chi connectivity index (χ0v) is 16.9. The molecule has 1 fully saturated rings. The molecule has 1 amide bonds. The largest absolute Gasteiger partial charge is 0.368 e. The van der Waals surface area contributed by atoms with E-state index in [4.69, 9.17) is 0 Å². The van der Waals surface area contributed by atoms with Gasteiger partial charge in [-0.25, -0.2) is 8.78 Å². The molecule has 7 heteroatoms. The number of hydrogen-bond donors (Lipinski definition) is 1. The fourth-order valence-electron chi connectivity index (χ4n) is 3.93. The van der Waals surface area contributed by atoms with Crippen LogP contribution in [0.25, 0.3) is 10.9 Å². The summed E-state index contributed by atoms with van der Waals surface area (Å²) >= 11 is 0. The lowest BCUT2D eigenvalue weighted by Crippen LogP contribution is -2.48. The van der Waals surface area contributed by atoms with Crippen molar-refractivity contribution < 1.29 is 13.6 Å². The summed E-state index contributed by atoms with van der Waals surface area (Å²) in [6.07, 6.45) is 2.36. The van der Waals surface area contributed by atoms with Crippen LogP contribution >= 0.6 is 0 Å². The number of pyridine rings is 1. The minimum atomic E-state index is -0.532. The Morgan fingerprint density at radius 1 is 1.03 bits per heavy atom. The highest BCUT2D eigenvalue weighted by atomic mass is 19.1. The quantitative estimate of drug-likeness (QED) is 0.695. The first-order chi connectivity index (χ1) is 14.6. The van der Waals surface area contributed by atoms with Crippen LogP contribution in [-0.2, 0) is 11.2 Å². The zero-order chi connectivity index (χ0) is 21.1. The molecule has 30 heavy (non-hydrogen) atoms. The van der Waals surface area contributed by atoms with E-state index in [0.29, 0.717) is 38.4 Å². The zero-order valence-electron chi connectivity index (χ0n) is 16.9. The number of aromatic nitrogens is 1. The highest BCUT2D eigenvalue weighted by Gasteiger charge is 2.22. The van der Waals surface area contributed by atoms with E-state index in [1.807, 2.05) is 29.2 Å². The Hall–Kier alpha value is -3.06. The smallest absolute Gasteiger partial charge is 0.238 e. The summed E-state index contributed by atoms with van der Waals surface area (Å²) < 4.78 is 28.5. The molecular weight excluding hydrogens is 386 g/mol. The van der Waals surface area contributed by atoms with E-state index in [1.54, 1.807) is 6.07 Å². The van der Waals surface area contributed by atoms with Gasteiger partial charge in [0, 0.05) is 38.1 Å². The second-order valence-corrected chi connectivity index (χ2v) is 7.40. The van der Waals surface area contributed by atoms with Crippen LogP contribution in [0.15, 0.2) is 48.7 Å². The summed E-state index contributed by atoms with van der Waals surface area (Å²) in [6, 6.07) is 11.8. The Morgan fingerprint density at radius 3 is 2.53 bits per heavy atom. The second-order valence-electron chi connectivity index (χ2n) is 7.40. The van der Waals surface area contributed by atoms with Gasteiger partial charge in [0.25, 0.3) is 0 Å². The Labute approximate surface area is 174 Å². The number of nitrogens with zero attached hydrogens (tertiary/aromatic N) is 3. The number of anilines is 2. The van der Waals surface area contributed by atoms with Crippen molar-refractivity contribution in [1.82, 2.24) is 9.88 Å². The molecule has 1 saturated heterocycles. The van der Waals surface area contributed by atoms with Crippen LogP contribution in [0.2, 0.25) is 0 Å². The van der Waals surface area contributed by atoms with Gasteiger partial charge in [0.1, 0.15) is 17.2 Å². The maximum atomic E-state index is 14.4. The van der Waals surface area contributed by atoms with E-state index < -0.39 is 11.6 Å². The number of halogens is 2. The summed E-state index contributed by atoms with van der Waals surface area (Å²) in [4.78, 5) is 20.6. The van der Waals surface area contributed by atoms with Crippen LogP contribution in [0.5, 0.6) is 0 Å². The highest BCUT2D eigenvalue weighted by Crippen LogP contribution is 2.30. The molecule has 2 aromatic carbocycles. The normalized spacial score (nSPS) is 14.8. The molecule has 0 atom stereocenters. The van der Waals surface area contributed by atoms with Crippen LogP contribution in [0, 0.1) is 11.6 Å². The number of piperazine rings is 1. The average molecular weight is 410 g/mol. The number of benzene rings is 2. The third-order valence-corrected chi connectivity index (χ3v) is 5.52. The van der Waals surface area contributed by atoms with Gasteiger partial charge >= 0.3 is 0 Å². The molecule has 156 valence electrons. The molecule has 0 saturated carbocycles. The Kier molecular flexibility index (Phi) is 5.90. The number of fused-ring (bicyclic) bond motifs is 1. The molecule has 0 bridgehead atoms. The predicted octanol–water partition coefficient (Wildman–Crippen LogP) is 3.84. The van der Waals surface area contributed by atoms with Gasteiger partial charge in [-0.05, 0) is 36.2 Å². The van der Waals surface area contributed by atoms with Gasteiger partial charge < -0.3 is 10.2 Å². The Morgan fingerprint density at radius 2 is 1.77 bits per heavy atom. The number of rotatable bonds is 5. The standard InChI is InChI=1S/C23H24F2N4O/c1-2-16-5-3-4-6-19(16)27-21(30)15-28-11-13-29(14-12-28)20-9-10-26-23-18(25)8-7-17(24)22(20)23/h3-10H,2,11-15H2,1H3,(H,27,30). The van der Waals surface area contributed by atoms with Crippen LogP contribution in [0.3, 0.4) is 0 Å².